The molecule has 0 saturated heterocycles. The smallest absolute Gasteiger partial charge is 0.319 e. The van der Waals surface area contributed by atoms with Crippen LogP contribution in [0.3, 0.4) is 0 Å². The van der Waals surface area contributed by atoms with E-state index in [0.717, 1.165) is 5.69 Å². The maximum absolute atomic E-state index is 5.34. The second kappa shape index (κ2) is 7.09. The van der Waals surface area contributed by atoms with Gasteiger partial charge in [0.2, 0.25) is 5.88 Å². The van der Waals surface area contributed by atoms with Crippen LogP contribution in [-0.2, 0) is 4.74 Å². The van der Waals surface area contributed by atoms with Gasteiger partial charge in [0, 0.05) is 19.9 Å². The van der Waals surface area contributed by atoms with Crippen LogP contribution >= 0.6 is 0 Å². The molecule has 0 unspecified atom stereocenters. The van der Waals surface area contributed by atoms with Crippen LogP contribution in [-0.4, -0.2) is 59.0 Å². The molecule has 9 heteroatoms. The minimum atomic E-state index is 0.235. The van der Waals surface area contributed by atoms with Crippen molar-refractivity contribution >= 4 is 11.5 Å². The van der Waals surface area contributed by atoms with Crippen molar-refractivity contribution in [1.82, 2.24) is 24.6 Å². The van der Waals surface area contributed by atoms with E-state index >= 15 is 0 Å². The fourth-order valence-corrected chi connectivity index (χ4v) is 2.21. The standard InChI is InChI=1S/C15H18N6O3/c1-22-7-6-16-12-4-5-13-17-9-11(21(13)20-12)10-8-18-15(24-3)19-14(10)23-2/h4-5,8-9H,6-7H2,1-3H3,(H,16,20). The highest BCUT2D eigenvalue weighted by atomic mass is 16.5. The summed E-state index contributed by atoms with van der Waals surface area (Å²) in [5.74, 6) is 1.11. The molecule has 3 heterocycles. The molecule has 1 N–H and O–H groups in total. The van der Waals surface area contributed by atoms with Crippen molar-refractivity contribution in [1.29, 1.82) is 0 Å². The first kappa shape index (κ1) is 15.9. The molecular formula is C15H18N6O3. The molecule has 0 spiro atoms. The Hall–Kier alpha value is -2.94. The first-order valence-electron chi connectivity index (χ1n) is 7.29. The van der Waals surface area contributed by atoms with E-state index < -0.39 is 0 Å². The number of ether oxygens (including phenoxy) is 3. The summed E-state index contributed by atoms with van der Waals surface area (Å²) >= 11 is 0. The van der Waals surface area contributed by atoms with Crippen molar-refractivity contribution in [2.24, 2.45) is 0 Å². The number of rotatable bonds is 7. The van der Waals surface area contributed by atoms with Crippen molar-refractivity contribution < 1.29 is 14.2 Å². The Morgan fingerprint density at radius 3 is 2.71 bits per heavy atom. The summed E-state index contributed by atoms with van der Waals surface area (Å²) < 4.78 is 17.1. The second-order valence-corrected chi connectivity index (χ2v) is 4.83. The highest BCUT2D eigenvalue weighted by Gasteiger charge is 2.15. The first-order chi connectivity index (χ1) is 11.8. The lowest BCUT2D eigenvalue weighted by Crippen LogP contribution is -2.10. The zero-order valence-electron chi connectivity index (χ0n) is 13.7. The molecule has 0 aliphatic carbocycles. The second-order valence-electron chi connectivity index (χ2n) is 4.83. The monoisotopic (exact) mass is 330 g/mol. The van der Waals surface area contributed by atoms with Crippen LogP contribution in [0.15, 0.2) is 24.5 Å². The van der Waals surface area contributed by atoms with Crippen molar-refractivity contribution in [3.8, 4) is 23.1 Å². The average molecular weight is 330 g/mol. The van der Waals surface area contributed by atoms with Gasteiger partial charge in [0.25, 0.3) is 0 Å². The predicted octanol–water partition coefficient (Wildman–Crippen LogP) is 1.26. The number of imidazole rings is 1. The lowest BCUT2D eigenvalue weighted by molar-refractivity contribution is 0.210. The molecule has 24 heavy (non-hydrogen) atoms. The number of methoxy groups -OCH3 is 3. The fourth-order valence-electron chi connectivity index (χ4n) is 2.21. The normalized spacial score (nSPS) is 10.8. The van der Waals surface area contributed by atoms with Crippen LogP contribution in [0.1, 0.15) is 0 Å². The van der Waals surface area contributed by atoms with Gasteiger partial charge >= 0.3 is 6.01 Å². The minimum Gasteiger partial charge on any atom is -0.480 e. The average Bonchev–Trinajstić information content (AvgIpc) is 3.04. The van der Waals surface area contributed by atoms with Gasteiger partial charge in [-0.25, -0.2) is 14.5 Å². The highest BCUT2D eigenvalue weighted by molar-refractivity contribution is 5.67. The Kier molecular flexibility index (Phi) is 4.71. The van der Waals surface area contributed by atoms with E-state index in [2.05, 4.69) is 25.4 Å². The summed E-state index contributed by atoms with van der Waals surface area (Å²) in [6.45, 7) is 1.25. The van der Waals surface area contributed by atoms with Crippen LogP contribution in [0.25, 0.3) is 16.9 Å². The van der Waals surface area contributed by atoms with Gasteiger partial charge in [-0.1, -0.05) is 0 Å². The first-order valence-corrected chi connectivity index (χ1v) is 7.29. The Morgan fingerprint density at radius 2 is 1.96 bits per heavy atom. The van der Waals surface area contributed by atoms with Gasteiger partial charge in [0.05, 0.1) is 38.3 Å². The largest absolute Gasteiger partial charge is 0.480 e. The van der Waals surface area contributed by atoms with Gasteiger partial charge in [-0.05, 0) is 12.1 Å². The molecule has 0 aliphatic rings. The van der Waals surface area contributed by atoms with Crippen LogP contribution in [0, 0.1) is 0 Å². The third kappa shape index (κ3) is 3.06. The van der Waals surface area contributed by atoms with Gasteiger partial charge in [0.1, 0.15) is 5.82 Å². The Balaban J connectivity index is 2.01. The van der Waals surface area contributed by atoms with Crippen LogP contribution < -0.4 is 14.8 Å². The number of fused-ring (bicyclic) bond motifs is 1. The molecule has 0 atom stereocenters. The van der Waals surface area contributed by atoms with Crippen LogP contribution in [0.4, 0.5) is 5.82 Å². The SMILES string of the molecule is COCCNc1ccc2ncc(-c3cnc(OC)nc3OC)n2n1. The molecule has 9 nitrogen and oxygen atoms in total. The summed E-state index contributed by atoms with van der Waals surface area (Å²) in [5.41, 5.74) is 2.10. The molecular weight excluding hydrogens is 312 g/mol. The van der Waals surface area contributed by atoms with E-state index in [-0.39, 0.29) is 6.01 Å². The molecule has 0 aromatic carbocycles. The molecule has 3 aromatic heterocycles. The van der Waals surface area contributed by atoms with Gasteiger partial charge in [-0.3, -0.25) is 0 Å². The number of hydrogen-bond acceptors (Lipinski definition) is 8. The van der Waals surface area contributed by atoms with Crippen molar-refractivity contribution in [2.75, 3.05) is 39.8 Å². The predicted molar refractivity (Wildman–Crippen MR) is 87.5 cm³/mol. The third-order valence-corrected chi connectivity index (χ3v) is 3.36. The zero-order valence-corrected chi connectivity index (χ0v) is 13.7. The Labute approximate surface area is 138 Å². The van der Waals surface area contributed by atoms with E-state index in [1.807, 2.05) is 12.1 Å². The molecule has 0 fully saturated rings. The quantitative estimate of drug-likeness (QED) is 0.647. The van der Waals surface area contributed by atoms with Gasteiger partial charge < -0.3 is 19.5 Å². The Bertz CT molecular complexity index is 835. The molecule has 0 saturated carbocycles. The summed E-state index contributed by atoms with van der Waals surface area (Å²) in [4.78, 5) is 12.7. The minimum absolute atomic E-state index is 0.235. The van der Waals surface area contributed by atoms with E-state index in [4.69, 9.17) is 14.2 Å². The van der Waals surface area contributed by atoms with Crippen LogP contribution in [0.2, 0.25) is 0 Å². The van der Waals surface area contributed by atoms with E-state index in [1.54, 1.807) is 31.1 Å². The lowest BCUT2D eigenvalue weighted by Gasteiger charge is -2.09. The molecule has 126 valence electrons. The number of aromatic nitrogens is 5. The topological polar surface area (TPSA) is 95.7 Å². The summed E-state index contributed by atoms with van der Waals surface area (Å²) in [6, 6.07) is 3.98. The van der Waals surface area contributed by atoms with Crippen LogP contribution in [0.5, 0.6) is 11.9 Å². The summed E-state index contributed by atoms with van der Waals surface area (Å²) in [7, 11) is 4.70. The molecule has 3 rings (SSSR count). The number of nitrogens with one attached hydrogen (secondary N) is 1. The van der Waals surface area contributed by atoms with Crippen molar-refractivity contribution in [3.05, 3.63) is 24.5 Å². The molecule has 0 radical (unpaired) electrons. The highest BCUT2D eigenvalue weighted by Crippen LogP contribution is 2.29. The number of anilines is 1. The summed E-state index contributed by atoms with van der Waals surface area (Å²) in [5, 5.41) is 7.73. The maximum Gasteiger partial charge on any atom is 0.319 e. The lowest BCUT2D eigenvalue weighted by atomic mass is 10.2. The zero-order chi connectivity index (χ0) is 16.9. The summed E-state index contributed by atoms with van der Waals surface area (Å²) in [6.07, 6.45) is 3.33. The van der Waals surface area contributed by atoms with Crippen molar-refractivity contribution in [3.63, 3.8) is 0 Å². The molecule has 0 aliphatic heterocycles. The molecule has 0 amide bonds. The maximum atomic E-state index is 5.34. The van der Waals surface area contributed by atoms with Gasteiger partial charge in [-0.2, -0.15) is 4.98 Å². The number of hydrogen-bond donors (Lipinski definition) is 1. The molecule has 0 bridgehead atoms. The van der Waals surface area contributed by atoms with Gasteiger partial charge in [-0.15, -0.1) is 5.10 Å². The van der Waals surface area contributed by atoms with E-state index in [9.17, 15) is 0 Å². The van der Waals surface area contributed by atoms with E-state index in [0.29, 0.717) is 36.1 Å². The Morgan fingerprint density at radius 1 is 1.08 bits per heavy atom. The fraction of sp³-hybridized carbons (Fsp3) is 0.333. The number of nitrogens with zero attached hydrogens (tertiary/aromatic N) is 5. The van der Waals surface area contributed by atoms with Crippen molar-refractivity contribution in [2.45, 2.75) is 0 Å². The third-order valence-electron chi connectivity index (χ3n) is 3.36. The van der Waals surface area contributed by atoms with Gasteiger partial charge in [0.15, 0.2) is 5.65 Å². The molecule has 3 aromatic rings. The van der Waals surface area contributed by atoms with E-state index in [1.165, 1.54) is 7.11 Å².